The predicted octanol–water partition coefficient (Wildman–Crippen LogP) is 4.41. The average molecular weight is 460 g/mol. The summed E-state index contributed by atoms with van der Waals surface area (Å²) in [5.74, 6) is -0.244. The normalized spacial score (nSPS) is 11.5. The Bertz CT molecular complexity index is 1170. The molecule has 1 N–H and O–H groups in total. The molecule has 0 aliphatic rings. The van der Waals surface area contributed by atoms with Crippen molar-refractivity contribution in [3.05, 3.63) is 59.8 Å². The number of thiazole rings is 1. The number of hydrogen-bond donors (Lipinski definition) is 1. The fourth-order valence-electron chi connectivity index (χ4n) is 3.20. The lowest BCUT2D eigenvalue weighted by Crippen LogP contribution is -2.31. The Morgan fingerprint density at radius 3 is 2.42 bits per heavy atom. The number of nitrogens with one attached hydrogen (secondary N) is 1. The van der Waals surface area contributed by atoms with Gasteiger partial charge in [-0.2, -0.15) is 4.31 Å². The maximum Gasteiger partial charge on any atom is 0.257 e. The van der Waals surface area contributed by atoms with Crippen molar-refractivity contribution in [1.82, 2.24) is 9.29 Å². The molecule has 0 fully saturated rings. The Hall–Kier alpha value is -2.75. The van der Waals surface area contributed by atoms with Crippen LogP contribution >= 0.6 is 11.3 Å². The van der Waals surface area contributed by atoms with Gasteiger partial charge in [-0.25, -0.2) is 13.4 Å². The van der Waals surface area contributed by atoms with Crippen molar-refractivity contribution >= 4 is 32.4 Å². The molecule has 0 radical (unpaired) electrons. The van der Waals surface area contributed by atoms with Gasteiger partial charge in [-0.3, -0.25) is 10.1 Å². The molecule has 1 amide bonds. The van der Waals surface area contributed by atoms with Gasteiger partial charge in [-0.1, -0.05) is 55.5 Å². The Labute approximate surface area is 186 Å². The number of aryl methyl sites for hydroxylation is 1. The van der Waals surface area contributed by atoms with E-state index in [2.05, 4.69) is 10.3 Å². The molecule has 0 unspecified atom stereocenters. The first kappa shape index (κ1) is 22.9. The molecule has 3 rings (SSSR count). The lowest BCUT2D eigenvalue weighted by atomic mass is 10.2. The Balaban J connectivity index is 1.91. The lowest BCUT2D eigenvalue weighted by molar-refractivity contribution is 0.102. The molecule has 3 aromatic rings. The van der Waals surface area contributed by atoms with Gasteiger partial charge in [-0.15, -0.1) is 0 Å². The van der Waals surface area contributed by atoms with E-state index in [1.807, 2.05) is 37.3 Å². The van der Waals surface area contributed by atoms with Crippen molar-refractivity contribution in [3.63, 3.8) is 0 Å². The number of sulfonamides is 1. The molecule has 0 aliphatic heterocycles. The number of ether oxygens (including phenoxy) is 1. The van der Waals surface area contributed by atoms with Crippen LogP contribution in [0.15, 0.2) is 53.4 Å². The van der Waals surface area contributed by atoms with E-state index < -0.39 is 15.9 Å². The largest absolute Gasteiger partial charge is 0.495 e. The summed E-state index contributed by atoms with van der Waals surface area (Å²) >= 11 is 1.37. The summed E-state index contributed by atoms with van der Waals surface area (Å²) in [4.78, 5) is 18.2. The van der Waals surface area contributed by atoms with Crippen molar-refractivity contribution < 1.29 is 17.9 Å². The number of nitrogens with zero attached hydrogens (tertiary/aromatic N) is 2. The zero-order valence-electron chi connectivity index (χ0n) is 17.9. The van der Waals surface area contributed by atoms with Crippen molar-refractivity contribution in [2.75, 3.05) is 25.5 Å². The quantitative estimate of drug-likeness (QED) is 0.539. The Morgan fingerprint density at radius 2 is 1.81 bits per heavy atom. The van der Waals surface area contributed by atoms with E-state index in [1.54, 1.807) is 13.8 Å². The monoisotopic (exact) mass is 459 g/mol. The zero-order valence-corrected chi connectivity index (χ0v) is 19.5. The Kier molecular flexibility index (Phi) is 7.09. The maximum atomic E-state index is 13.0. The minimum Gasteiger partial charge on any atom is -0.495 e. The lowest BCUT2D eigenvalue weighted by Gasteiger charge is -2.20. The number of methoxy groups -OCH3 is 1. The van der Waals surface area contributed by atoms with Gasteiger partial charge in [0.2, 0.25) is 10.0 Å². The third-order valence-corrected chi connectivity index (χ3v) is 8.00. The molecule has 1 aromatic heterocycles. The molecule has 0 atom stereocenters. The van der Waals surface area contributed by atoms with Crippen LogP contribution in [-0.2, 0) is 10.0 Å². The van der Waals surface area contributed by atoms with Crippen LogP contribution in [0.3, 0.4) is 0 Å². The fourth-order valence-corrected chi connectivity index (χ4v) is 5.81. The van der Waals surface area contributed by atoms with Crippen molar-refractivity contribution in [1.29, 1.82) is 0 Å². The molecule has 9 heteroatoms. The molecular formula is C22H25N3O4S2. The van der Waals surface area contributed by atoms with E-state index in [0.29, 0.717) is 18.2 Å². The molecule has 0 spiro atoms. The smallest absolute Gasteiger partial charge is 0.257 e. The average Bonchev–Trinajstić information content (AvgIpc) is 3.14. The predicted molar refractivity (Wildman–Crippen MR) is 123 cm³/mol. The zero-order chi connectivity index (χ0) is 22.6. The number of anilines is 1. The standard InChI is InChI=1S/C22H25N3O4S2/c1-5-25(6-2)31(27,28)19-14-17(12-13-18(19)29-4)21(26)24-22-23-15(3)20(30-22)16-10-8-7-9-11-16/h7-14H,5-6H2,1-4H3,(H,23,24,26). The van der Waals surface area contributed by atoms with E-state index >= 15 is 0 Å². The van der Waals surface area contributed by atoms with Gasteiger partial charge in [0, 0.05) is 18.7 Å². The molecular weight excluding hydrogens is 434 g/mol. The molecule has 0 saturated heterocycles. The number of aromatic nitrogens is 1. The first-order valence-electron chi connectivity index (χ1n) is 9.84. The van der Waals surface area contributed by atoms with E-state index in [9.17, 15) is 13.2 Å². The Morgan fingerprint density at radius 1 is 1.13 bits per heavy atom. The van der Waals surface area contributed by atoms with Crippen molar-refractivity contribution in [2.45, 2.75) is 25.7 Å². The van der Waals surface area contributed by atoms with Crippen LogP contribution < -0.4 is 10.1 Å². The molecule has 1 heterocycles. The fraction of sp³-hybridized carbons (Fsp3) is 0.273. The number of carbonyl (C=O) groups excluding carboxylic acids is 1. The van der Waals surface area contributed by atoms with Crippen LogP contribution in [0.1, 0.15) is 29.9 Å². The number of amides is 1. The molecule has 164 valence electrons. The minimum absolute atomic E-state index is 0.0355. The first-order chi connectivity index (χ1) is 14.8. The minimum atomic E-state index is -3.80. The van der Waals surface area contributed by atoms with Crippen LogP contribution in [-0.4, -0.2) is 43.8 Å². The second-order valence-electron chi connectivity index (χ2n) is 6.71. The summed E-state index contributed by atoms with van der Waals surface area (Å²) in [6, 6.07) is 14.2. The molecule has 0 saturated carbocycles. The van der Waals surface area contributed by atoms with E-state index in [0.717, 1.165) is 16.1 Å². The van der Waals surface area contributed by atoms with Gasteiger partial charge in [0.25, 0.3) is 5.91 Å². The van der Waals surface area contributed by atoms with Gasteiger partial charge >= 0.3 is 0 Å². The highest BCUT2D eigenvalue weighted by Gasteiger charge is 2.27. The molecule has 31 heavy (non-hydrogen) atoms. The van der Waals surface area contributed by atoms with E-state index in [1.165, 1.54) is 41.0 Å². The van der Waals surface area contributed by atoms with E-state index in [4.69, 9.17) is 4.74 Å². The van der Waals surface area contributed by atoms with Gasteiger partial charge in [-0.05, 0) is 30.7 Å². The van der Waals surface area contributed by atoms with Gasteiger partial charge in [0.15, 0.2) is 5.13 Å². The number of rotatable bonds is 8. The second-order valence-corrected chi connectivity index (χ2v) is 9.61. The van der Waals surface area contributed by atoms with Crippen molar-refractivity contribution in [2.24, 2.45) is 0 Å². The number of carbonyl (C=O) groups is 1. The first-order valence-corrected chi connectivity index (χ1v) is 12.1. The van der Waals surface area contributed by atoms with Gasteiger partial charge in [0.1, 0.15) is 10.6 Å². The SMILES string of the molecule is CCN(CC)S(=O)(=O)c1cc(C(=O)Nc2nc(C)c(-c3ccccc3)s2)ccc1OC. The van der Waals surface area contributed by atoms with Crippen LogP contribution in [0, 0.1) is 6.92 Å². The van der Waals surface area contributed by atoms with E-state index in [-0.39, 0.29) is 16.2 Å². The molecule has 7 nitrogen and oxygen atoms in total. The number of hydrogen-bond acceptors (Lipinski definition) is 6. The second kappa shape index (κ2) is 9.59. The van der Waals surface area contributed by atoms with Crippen LogP contribution in [0.5, 0.6) is 5.75 Å². The highest BCUT2D eigenvalue weighted by Crippen LogP contribution is 2.33. The number of benzene rings is 2. The molecule has 0 aliphatic carbocycles. The van der Waals surface area contributed by atoms with Crippen LogP contribution in [0.4, 0.5) is 5.13 Å². The highest BCUT2D eigenvalue weighted by atomic mass is 32.2. The molecule has 2 aromatic carbocycles. The third-order valence-electron chi connectivity index (χ3n) is 4.80. The highest BCUT2D eigenvalue weighted by molar-refractivity contribution is 7.89. The summed E-state index contributed by atoms with van der Waals surface area (Å²) in [6.07, 6.45) is 0. The van der Waals surface area contributed by atoms with Gasteiger partial charge < -0.3 is 4.74 Å². The summed E-state index contributed by atoms with van der Waals surface area (Å²) in [5, 5.41) is 3.23. The van der Waals surface area contributed by atoms with Crippen LogP contribution in [0.2, 0.25) is 0 Å². The topological polar surface area (TPSA) is 88.6 Å². The summed E-state index contributed by atoms with van der Waals surface area (Å²) < 4.78 is 32.6. The van der Waals surface area contributed by atoms with Crippen molar-refractivity contribution in [3.8, 4) is 16.2 Å². The van der Waals surface area contributed by atoms with Gasteiger partial charge in [0.05, 0.1) is 17.7 Å². The molecule has 0 bridgehead atoms. The third kappa shape index (κ3) is 4.79. The summed E-state index contributed by atoms with van der Waals surface area (Å²) in [5.41, 5.74) is 2.04. The van der Waals surface area contributed by atoms with Crippen LogP contribution in [0.25, 0.3) is 10.4 Å². The maximum absolute atomic E-state index is 13.0. The summed E-state index contributed by atoms with van der Waals surface area (Å²) in [7, 11) is -2.39. The summed E-state index contributed by atoms with van der Waals surface area (Å²) in [6.45, 7) is 6.05.